The normalized spacial score (nSPS) is 12.1. The van der Waals surface area contributed by atoms with Crippen molar-refractivity contribution >= 4 is 44.9 Å². The summed E-state index contributed by atoms with van der Waals surface area (Å²) in [6, 6.07) is 17.8. The van der Waals surface area contributed by atoms with Crippen LogP contribution in [-0.2, 0) is 24.7 Å². The molecule has 33 heavy (non-hydrogen) atoms. The quantitative estimate of drug-likeness (QED) is 0.334. The molecule has 0 spiro atoms. The van der Waals surface area contributed by atoms with Crippen LogP contribution in [0.3, 0.4) is 0 Å². The molecule has 0 radical (unpaired) electrons. The minimum atomic E-state index is -0.156. The molecule has 1 aliphatic carbocycles. The number of aromatic nitrogens is 2. The van der Waals surface area contributed by atoms with E-state index in [-0.39, 0.29) is 17.9 Å². The SMILES string of the molecule is Cn1c(SCCC(=O)Nc2sc3c(c2C#N)CCc2ccccc2-3)nc2ccccc2c1=O. The van der Waals surface area contributed by atoms with E-state index in [2.05, 4.69) is 28.5 Å². The summed E-state index contributed by atoms with van der Waals surface area (Å²) < 4.78 is 1.52. The number of nitrogens with one attached hydrogen (secondary N) is 1. The molecular formula is C25H20N4O2S2. The van der Waals surface area contributed by atoms with Crippen LogP contribution in [0.1, 0.15) is 23.1 Å². The van der Waals surface area contributed by atoms with Crippen LogP contribution in [0.4, 0.5) is 5.00 Å². The Balaban J connectivity index is 1.30. The van der Waals surface area contributed by atoms with E-state index in [4.69, 9.17) is 0 Å². The standard InChI is InChI=1S/C25H20N4O2S2/c1-29-24(31)18-8-4-5-9-20(18)27-25(29)32-13-12-21(30)28-23-19(14-26)17-11-10-15-6-2-3-7-16(15)22(17)33-23/h2-9H,10-13H2,1H3,(H,28,30). The van der Waals surface area contributed by atoms with Gasteiger partial charge in [-0.15, -0.1) is 11.3 Å². The lowest BCUT2D eigenvalue weighted by molar-refractivity contribution is -0.115. The number of benzene rings is 2. The summed E-state index contributed by atoms with van der Waals surface area (Å²) in [6.07, 6.45) is 1.95. The summed E-state index contributed by atoms with van der Waals surface area (Å²) >= 11 is 2.85. The molecular weight excluding hydrogens is 452 g/mol. The maximum absolute atomic E-state index is 12.7. The first kappa shape index (κ1) is 21.4. The number of amides is 1. The van der Waals surface area contributed by atoms with Crippen LogP contribution in [0.5, 0.6) is 0 Å². The van der Waals surface area contributed by atoms with Gasteiger partial charge < -0.3 is 5.32 Å². The zero-order valence-corrected chi connectivity index (χ0v) is 19.6. The topological polar surface area (TPSA) is 87.8 Å². The van der Waals surface area contributed by atoms with Crippen LogP contribution in [0.2, 0.25) is 0 Å². The van der Waals surface area contributed by atoms with Gasteiger partial charge in [0.15, 0.2) is 5.16 Å². The monoisotopic (exact) mass is 472 g/mol. The summed E-state index contributed by atoms with van der Waals surface area (Å²) in [5, 5.41) is 14.5. The Labute approximate surface area is 198 Å². The lowest BCUT2D eigenvalue weighted by atomic mass is 9.90. The molecule has 0 saturated heterocycles. The van der Waals surface area contributed by atoms with E-state index >= 15 is 0 Å². The van der Waals surface area contributed by atoms with Gasteiger partial charge in [0, 0.05) is 24.1 Å². The average Bonchev–Trinajstić information content (AvgIpc) is 3.19. The summed E-state index contributed by atoms with van der Waals surface area (Å²) in [7, 11) is 1.69. The van der Waals surface area contributed by atoms with E-state index in [1.54, 1.807) is 13.1 Å². The number of carbonyl (C=O) groups is 1. The highest BCUT2D eigenvalue weighted by atomic mass is 32.2. The molecule has 5 rings (SSSR count). The van der Waals surface area contributed by atoms with Gasteiger partial charge in [0.2, 0.25) is 5.91 Å². The fraction of sp³-hybridized carbons (Fsp3) is 0.200. The van der Waals surface area contributed by atoms with Crippen LogP contribution in [0, 0.1) is 11.3 Å². The zero-order chi connectivity index (χ0) is 22.9. The third kappa shape index (κ3) is 3.94. The van der Waals surface area contributed by atoms with Gasteiger partial charge >= 0.3 is 0 Å². The number of thiophene rings is 1. The molecule has 1 amide bonds. The van der Waals surface area contributed by atoms with E-state index in [9.17, 15) is 14.9 Å². The van der Waals surface area contributed by atoms with Crippen molar-refractivity contribution in [2.75, 3.05) is 11.1 Å². The predicted molar refractivity (Wildman–Crippen MR) is 133 cm³/mol. The van der Waals surface area contributed by atoms with Crippen molar-refractivity contribution in [1.29, 1.82) is 5.26 Å². The molecule has 0 saturated carbocycles. The van der Waals surface area contributed by atoms with Crippen LogP contribution >= 0.6 is 23.1 Å². The molecule has 6 nitrogen and oxygen atoms in total. The molecule has 164 valence electrons. The summed E-state index contributed by atoms with van der Waals surface area (Å²) in [4.78, 5) is 30.9. The lowest BCUT2D eigenvalue weighted by Crippen LogP contribution is -2.20. The van der Waals surface area contributed by atoms with E-state index in [0.29, 0.717) is 32.4 Å². The van der Waals surface area contributed by atoms with Gasteiger partial charge in [0.1, 0.15) is 11.1 Å². The first-order chi connectivity index (χ1) is 16.1. The molecule has 8 heteroatoms. The number of para-hydroxylation sites is 1. The minimum Gasteiger partial charge on any atom is -0.317 e. The number of hydrogen-bond donors (Lipinski definition) is 1. The number of aryl methyl sites for hydroxylation is 1. The average molecular weight is 473 g/mol. The van der Waals surface area contributed by atoms with Crippen molar-refractivity contribution < 1.29 is 4.79 Å². The number of rotatable bonds is 5. The van der Waals surface area contributed by atoms with Gasteiger partial charge in [-0.3, -0.25) is 14.2 Å². The van der Waals surface area contributed by atoms with Gasteiger partial charge in [0.05, 0.1) is 16.5 Å². The molecule has 2 aromatic carbocycles. The molecule has 2 aromatic heterocycles. The van der Waals surface area contributed by atoms with Crippen molar-refractivity contribution in [1.82, 2.24) is 9.55 Å². The summed E-state index contributed by atoms with van der Waals surface area (Å²) in [5.74, 6) is 0.317. The van der Waals surface area contributed by atoms with E-state index in [1.165, 1.54) is 33.2 Å². The molecule has 0 bridgehead atoms. The Hall–Kier alpha value is -3.41. The highest BCUT2D eigenvalue weighted by Crippen LogP contribution is 2.44. The Morgan fingerprint density at radius 1 is 1.21 bits per heavy atom. The number of anilines is 1. The van der Waals surface area contributed by atoms with E-state index in [1.807, 2.05) is 30.3 Å². The van der Waals surface area contributed by atoms with Gasteiger partial charge in [0.25, 0.3) is 5.56 Å². The number of nitriles is 1. The fourth-order valence-electron chi connectivity index (χ4n) is 4.10. The highest BCUT2D eigenvalue weighted by Gasteiger charge is 2.25. The van der Waals surface area contributed by atoms with Crippen molar-refractivity contribution in [2.45, 2.75) is 24.4 Å². The van der Waals surface area contributed by atoms with Crippen LogP contribution in [0.15, 0.2) is 58.5 Å². The summed E-state index contributed by atoms with van der Waals surface area (Å²) in [6.45, 7) is 0. The molecule has 1 N–H and O–H groups in total. The minimum absolute atomic E-state index is 0.101. The van der Waals surface area contributed by atoms with Gasteiger partial charge in [-0.25, -0.2) is 4.98 Å². The van der Waals surface area contributed by atoms with Crippen molar-refractivity contribution in [3.05, 3.63) is 75.6 Å². The summed E-state index contributed by atoms with van der Waals surface area (Å²) in [5.41, 5.74) is 4.58. The molecule has 0 fully saturated rings. The van der Waals surface area contributed by atoms with Gasteiger partial charge in [-0.05, 0) is 41.7 Å². The largest absolute Gasteiger partial charge is 0.317 e. The zero-order valence-electron chi connectivity index (χ0n) is 17.9. The molecule has 2 heterocycles. The van der Waals surface area contributed by atoms with E-state index in [0.717, 1.165) is 28.8 Å². The first-order valence-electron chi connectivity index (χ1n) is 10.6. The fourth-order valence-corrected chi connectivity index (χ4v) is 6.28. The van der Waals surface area contributed by atoms with Gasteiger partial charge in [-0.1, -0.05) is 48.2 Å². The smallest absolute Gasteiger partial charge is 0.261 e. The lowest BCUT2D eigenvalue weighted by Gasteiger charge is -2.15. The van der Waals surface area contributed by atoms with Crippen molar-refractivity contribution in [3.8, 4) is 16.5 Å². The first-order valence-corrected chi connectivity index (χ1v) is 12.4. The second kappa shape index (κ2) is 8.85. The van der Waals surface area contributed by atoms with Crippen molar-refractivity contribution in [2.24, 2.45) is 7.05 Å². The number of nitrogens with zero attached hydrogens (tertiary/aromatic N) is 3. The van der Waals surface area contributed by atoms with Crippen molar-refractivity contribution in [3.63, 3.8) is 0 Å². The number of thioether (sulfide) groups is 1. The molecule has 0 unspecified atom stereocenters. The Kier molecular flexibility index (Phi) is 5.75. The number of fused-ring (bicyclic) bond motifs is 4. The Morgan fingerprint density at radius 2 is 2.00 bits per heavy atom. The Morgan fingerprint density at radius 3 is 2.85 bits per heavy atom. The third-order valence-electron chi connectivity index (χ3n) is 5.78. The maximum atomic E-state index is 12.7. The molecule has 0 aliphatic heterocycles. The Bertz CT molecular complexity index is 1500. The second-order valence-corrected chi connectivity index (χ2v) is 9.89. The van der Waals surface area contributed by atoms with Crippen LogP contribution in [0.25, 0.3) is 21.3 Å². The van der Waals surface area contributed by atoms with Gasteiger partial charge in [-0.2, -0.15) is 5.26 Å². The van der Waals surface area contributed by atoms with Crippen LogP contribution in [-0.4, -0.2) is 21.2 Å². The maximum Gasteiger partial charge on any atom is 0.261 e. The number of carbonyl (C=O) groups excluding carboxylic acids is 1. The molecule has 4 aromatic rings. The molecule has 1 aliphatic rings. The van der Waals surface area contributed by atoms with Crippen LogP contribution < -0.4 is 10.9 Å². The predicted octanol–water partition coefficient (Wildman–Crippen LogP) is 4.75. The second-order valence-electron chi connectivity index (χ2n) is 7.81. The van der Waals surface area contributed by atoms with E-state index < -0.39 is 0 Å². The third-order valence-corrected chi connectivity index (χ3v) is 7.99. The molecule has 0 atom stereocenters. The number of hydrogen-bond acceptors (Lipinski definition) is 6. The highest BCUT2D eigenvalue weighted by molar-refractivity contribution is 7.99.